The number of hydrogen-bond donors (Lipinski definition) is 0. The van der Waals surface area contributed by atoms with Gasteiger partial charge in [0.15, 0.2) is 0 Å². The van der Waals surface area contributed by atoms with E-state index in [-0.39, 0.29) is 11.4 Å². The highest BCUT2D eigenvalue weighted by Crippen LogP contribution is 2.79. The van der Waals surface area contributed by atoms with Crippen molar-refractivity contribution in [1.29, 1.82) is 0 Å². The molecule has 0 saturated heterocycles. The lowest BCUT2D eigenvalue weighted by molar-refractivity contribution is -0.156. The van der Waals surface area contributed by atoms with E-state index in [9.17, 15) is 4.79 Å². The van der Waals surface area contributed by atoms with Crippen LogP contribution in [0.25, 0.3) is 0 Å². The van der Waals surface area contributed by atoms with E-state index in [0.29, 0.717) is 16.7 Å². The second-order valence-corrected chi connectivity index (χ2v) is 6.95. The first-order valence-corrected chi connectivity index (χ1v) is 6.32. The average Bonchev–Trinajstić information content (AvgIpc) is 2.52. The van der Waals surface area contributed by atoms with Crippen molar-refractivity contribution in [3.63, 3.8) is 0 Å². The van der Waals surface area contributed by atoms with Crippen LogP contribution in [0.15, 0.2) is 11.6 Å². The number of esters is 1. The monoisotopic (exact) mass is 218 g/mol. The number of fused-ring (bicyclic) bond motifs is 2. The minimum atomic E-state index is -0.138. The molecule has 0 aromatic rings. The van der Waals surface area contributed by atoms with Gasteiger partial charge in [-0.3, -0.25) is 4.79 Å². The van der Waals surface area contributed by atoms with Crippen LogP contribution >= 0.6 is 0 Å². The van der Waals surface area contributed by atoms with E-state index in [2.05, 4.69) is 13.0 Å². The molecule has 3 bridgehead atoms. The zero-order valence-corrected chi connectivity index (χ0v) is 10.0. The molecule has 0 aromatic carbocycles. The first kappa shape index (κ1) is 9.26. The Morgan fingerprint density at radius 3 is 3.00 bits per heavy atom. The Bertz CT molecular complexity index is 438. The topological polar surface area (TPSA) is 26.3 Å². The van der Waals surface area contributed by atoms with Crippen molar-refractivity contribution in [3.8, 4) is 0 Å². The normalized spacial score (nSPS) is 55.6. The van der Waals surface area contributed by atoms with Crippen LogP contribution in [-0.4, -0.2) is 13.1 Å². The lowest BCUT2D eigenvalue weighted by Gasteiger charge is -2.43. The molecule has 86 valence electrons. The summed E-state index contributed by atoms with van der Waals surface area (Å²) in [5.74, 6) is 0.743. The van der Waals surface area contributed by atoms with Gasteiger partial charge in [-0.1, -0.05) is 18.6 Å². The predicted octanol–water partition coefficient (Wildman–Crippen LogP) is 2.69. The van der Waals surface area contributed by atoms with Crippen molar-refractivity contribution in [2.24, 2.45) is 22.2 Å². The van der Waals surface area contributed by atoms with Gasteiger partial charge < -0.3 is 4.74 Å². The quantitative estimate of drug-likeness (QED) is 0.499. The van der Waals surface area contributed by atoms with E-state index in [1.165, 1.54) is 12.8 Å². The predicted molar refractivity (Wildman–Crippen MR) is 59.6 cm³/mol. The highest BCUT2D eigenvalue weighted by molar-refractivity contribution is 5.79. The Morgan fingerprint density at radius 1 is 1.44 bits per heavy atom. The Kier molecular flexibility index (Phi) is 1.30. The van der Waals surface area contributed by atoms with Gasteiger partial charge in [-0.05, 0) is 48.9 Å². The third kappa shape index (κ3) is 0.751. The maximum absolute atomic E-state index is 12.1. The Morgan fingerprint density at radius 2 is 2.25 bits per heavy atom. The third-order valence-corrected chi connectivity index (χ3v) is 5.76. The van der Waals surface area contributed by atoms with Crippen LogP contribution in [0.5, 0.6) is 0 Å². The van der Waals surface area contributed by atoms with Crippen molar-refractivity contribution in [2.75, 3.05) is 7.11 Å². The van der Waals surface area contributed by atoms with E-state index in [1.807, 2.05) is 0 Å². The molecular weight excluding hydrogens is 200 g/mol. The number of ether oxygens (including phenoxy) is 1. The van der Waals surface area contributed by atoms with Gasteiger partial charge >= 0.3 is 5.97 Å². The van der Waals surface area contributed by atoms with E-state index in [4.69, 9.17) is 4.74 Å². The van der Waals surface area contributed by atoms with Crippen LogP contribution in [0.4, 0.5) is 0 Å². The van der Waals surface area contributed by atoms with E-state index in [0.717, 1.165) is 19.3 Å². The van der Waals surface area contributed by atoms with E-state index < -0.39 is 0 Å². The lowest BCUT2D eigenvalue weighted by Crippen LogP contribution is -2.39. The summed E-state index contributed by atoms with van der Waals surface area (Å²) in [4.78, 5) is 12.1. The lowest BCUT2D eigenvalue weighted by atomic mass is 9.60. The molecule has 0 aromatic heterocycles. The summed E-state index contributed by atoms with van der Waals surface area (Å²) in [6.45, 7) is 2.37. The van der Waals surface area contributed by atoms with E-state index in [1.54, 1.807) is 12.7 Å². The summed E-state index contributed by atoms with van der Waals surface area (Å²) in [7, 11) is 1.54. The molecule has 4 rings (SSSR count). The van der Waals surface area contributed by atoms with Gasteiger partial charge in [-0.25, -0.2) is 0 Å². The molecule has 2 heteroatoms. The molecule has 0 N–H and O–H groups in total. The molecule has 4 aliphatic rings. The van der Waals surface area contributed by atoms with Gasteiger partial charge in [0.1, 0.15) is 0 Å². The maximum Gasteiger partial charge on any atom is 0.311 e. The van der Waals surface area contributed by atoms with Gasteiger partial charge in [-0.15, -0.1) is 0 Å². The molecule has 3 saturated carbocycles. The third-order valence-electron chi connectivity index (χ3n) is 5.76. The Balaban J connectivity index is 1.85. The van der Waals surface area contributed by atoms with Gasteiger partial charge in [0, 0.05) is 0 Å². The number of methoxy groups -OCH3 is 1. The molecule has 16 heavy (non-hydrogen) atoms. The summed E-state index contributed by atoms with van der Waals surface area (Å²) >= 11 is 0. The fraction of sp³-hybridized carbons (Fsp3) is 0.786. The smallest absolute Gasteiger partial charge is 0.311 e. The van der Waals surface area contributed by atoms with Gasteiger partial charge in [-0.2, -0.15) is 0 Å². The molecule has 0 radical (unpaired) electrons. The van der Waals surface area contributed by atoms with Crippen LogP contribution in [-0.2, 0) is 9.53 Å². The number of allylic oxidation sites excluding steroid dienone is 2. The van der Waals surface area contributed by atoms with Crippen molar-refractivity contribution in [2.45, 2.75) is 39.0 Å². The molecule has 0 heterocycles. The molecule has 0 amide bonds. The molecule has 3 fully saturated rings. The molecule has 4 atom stereocenters. The molecule has 1 spiro atoms. The second-order valence-electron chi connectivity index (χ2n) is 6.95. The first-order chi connectivity index (χ1) is 7.52. The summed E-state index contributed by atoms with van der Waals surface area (Å²) in [6.07, 6.45) is 8.21. The van der Waals surface area contributed by atoms with Crippen molar-refractivity contribution in [3.05, 3.63) is 11.6 Å². The van der Waals surface area contributed by atoms with E-state index >= 15 is 0 Å². The fourth-order valence-corrected chi connectivity index (χ4v) is 5.65. The van der Waals surface area contributed by atoms with Crippen LogP contribution in [0.2, 0.25) is 0 Å². The first-order valence-electron chi connectivity index (χ1n) is 6.32. The summed E-state index contributed by atoms with van der Waals surface area (Å²) in [6, 6.07) is 0. The minimum Gasteiger partial charge on any atom is -0.469 e. The fourth-order valence-electron chi connectivity index (χ4n) is 5.65. The summed E-state index contributed by atoms with van der Waals surface area (Å²) < 4.78 is 5.08. The highest BCUT2D eigenvalue weighted by Gasteiger charge is 2.72. The van der Waals surface area contributed by atoms with Crippen molar-refractivity contribution < 1.29 is 9.53 Å². The molecule has 0 aliphatic heterocycles. The van der Waals surface area contributed by atoms with Crippen LogP contribution in [0.1, 0.15) is 39.0 Å². The number of carbonyl (C=O) groups excluding carboxylic acids is 1. The van der Waals surface area contributed by atoms with Gasteiger partial charge in [0.2, 0.25) is 0 Å². The SMILES string of the molecule is COC(=O)C12CC3C=C4CC(C)(C1)CC43C2. The highest BCUT2D eigenvalue weighted by atomic mass is 16.5. The standard InChI is InChI=1S/C14H18O2/c1-12-4-9-3-10-5-13(6-12,11(15)16-2)8-14(9,10)7-12/h3,10H,4-8H2,1-2H3. The molecule has 4 aliphatic carbocycles. The van der Waals surface area contributed by atoms with Crippen molar-refractivity contribution >= 4 is 5.97 Å². The van der Waals surface area contributed by atoms with Crippen molar-refractivity contribution in [1.82, 2.24) is 0 Å². The van der Waals surface area contributed by atoms with Crippen LogP contribution in [0.3, 0.4) is 0 Å². The molecule has 2 nitrogen and oxygen atoms in total. The molecular formula is C14H18O2. The largest absolute Gasteiger partial charge is 0.469 e. The second kappa shape index (κ2) is 2.25. The Labute approximate surface area is 96.0 Å². The Hall–Kier alpha value is -0.790. The van der Waals surface area contributed by atoms with Gasteiger partial charge in [0.05, 0.1) is 12.5 Å². The van der Waals surface area contributed by atoms with Crippen LogP contribution < -0.4 is 0 Å². The zero-order chi connectivity index (χ0) is 11.2. The number of hydrogen-bond acceptors (Lipinski definition) is 2. The summed E-state index contributed by atoms with van der Waals surface area (Å²) in [5, 5.41) is 0. The van der Waals surface area contributed by atoms with Crippen LogP contribution in [0, 0.1) is 22.2 Å². The summed E-state index contributed by atoms with van der Waals surface area (Å²) in [5.41, 5.74) is 2.34. The maximum atomic E-state index is 12.1. The zero-order valence-electron chi connectivity index (χ0n) is 10.0. The molecule has 4 unspecified atom stereocenters. The minimum absolute atomic E-state index is 0.0573. The number of carbonyl (C=O) groups is 1. The van der Waals surface area contributed by atoms with Gasteiger partial charge in [0.25, 0.3) is 0 Å². The number of rotatable bonds is 1. The average molecular weight is 218 g/mol.